The summed E-state index contributed by atoms with van der Waals surface area (Å²) in [5, 5.41) is 8.89. The first-order chi connectivity index (χ1) is 11.9. The van der Waals surface area contributed by atoms with Crippen LogP contribution in [0.5, 0.6) is 0 Å². The van der Waals surface area contributed by atoms with Crippen LogP contribution in [0.25, 0.3) is 0 Å². The fraction of sp³-hybridized carbons (Fsp3) is 0.529. The summed E-state index contributed by atoms with van der Waals surface area (Å²) in [5.74, 6) is -1.61. The molecule has 1 atom stereocenters. The summed E-state index contributed by atoms with van der Waals surface area (Å²) in [6.45, 7) is 4.13. The molecule has 2 rings (SSSR count). The first kappa shape index (κ1) is 18.9. The van der Waals surface area contributed by atoms with Gasteiger partial charge in [0.15, 0.2) is 0 Å². The molecule has 1 aliphatic heterocycles. The number of aromatic nitrogens is 1. The van der Waals surface area contributed by atoms with Crippen molar-refractivity contribution >= 4 is 17.8 Å². The van der Waals surface area contributed by atoms with Gasteiger partial charge in [-0.15, -0.1) is 0 Å². The first-order valence-corrected chi connectivity index (χ1v) is 8.23. The van der Waals surface area contributed by atoms with E-state index in [1.165, 1.54) is 11.8 Å². The maximum Gasteiger partial charge on any atom is 0.323 e. The summed E-state index contributed by atoms with van der Waals surface area (Å²) >= 11 is 0. The number of carbonyl (C=O) groups is 3. The molecule has 136 valence electrons. The predicted molar refractivity (Wildman–Crippen MR) is 89.1 cm³/mol. The van der Waals surface area contributed by atoms with E-state index in [4.69, 9.17) is 9.84 Å². The molecule has 1 unspecified atom stereocenters. The van der Waals surface area contributed by atoms with Gasteiger partial charge in [0.2, 0.25) is 5.91 Å². The number of morpholine rings is 1. The minimum absolute atomic E-state index is 0.133. The lowest BCUT2D eigenvalue weighted by Crippen LogP contribution is -2.51. The highest BCUT2D eigenvalue weighted by atomic mass is 16.5. The van der Waals surface area contributed by atoms with Gasteiger partial charge >= 0.3 is 5.97 Å². The molecule has 1 fully saturated rings. The van der Waals surface area contributed by atoms with E-state index in [-0.39, 0.29) is 24.9 Å². The average molecular weight is 349 g/mol. The molecule has 1 N–H and O–H groups in total. The third-order valence-electron chi connectivity index (χ3n) is 4.07. The molecule has 2 heterocycles. The highest BCUT2D eigenvalue weighted by molar-refractivity contribution is 5.92. The minimum atomic E-state index is -1.08. The van der Waals surface area contributed by atoms with Crippen molar-refractivity contribution in [3.8, 4) is 0 Å². The summed E-state index contributed by atoms with van der Waals surface area (Å²) in [6, 6.07) is 3.65. The van der Waals surface area contributed by atoms with Gasteiger partial charge in [-0.05, 0) is 24.1 Å². The van der Waals surface area contributed by atoms with Crippen LogP contribution in [-0.4, -0.2) is 76.6 Å². The van der Waals surface area contributed by atoms with Crippen LogP contribution in [0.4, 0.5) is 0 Å². The topological polar surface area (TPSA) is 100 Å². The summed E-state index contributed by atoms with van der Waals surface area (Å²) in [7, 11) is 0. The molecule has 0 radical (unpaired) electrons. The van der Waals surface area contributed by atoms with Crippen LogP contribution in [0.2, 0.25) is 0 Å². The Bertz CT molecular complexity index is 649. The lowest BCUT2D eigenvalue weighted by atomic mass is 10.1. The van der Waals surface area contributed by atoms with E-state index in [1.54, 1.807) is 17.2 Å². The maximum atomic E-state index is 12.6. The zero-order valence-corrected chi connectivity index (χ0v) is 14.5. The van der Waals surface area contributed by atoms with E-state index in [0.29, 0.717) is 25.4 Å². The fourth-order valence-electron chi connectivity index (χ4n) is 2.70. The zero-order valence-electron chi connectivity index (χ0n) is 14.5. The predicted octanol–water partition coefficient (Wildman–Crippen LogP) is 0.418. The number of carboxylic acids is 1. The van der Waals surface area contributed by atoms with Crippen LogP contribution in [0.15, 0.2) is 18.3 Å². The average Bonchev–Trinajstić information content (AvgIpc) is 2.60. The van der Waals surface area contributed by atoms with Gasteiger partial charge in [-0.3, -0.25) is 19.4 Å². The quantitative estimate of drug-likeness (QED) is 0.799. The van der Waals surface area contributed by atoms with E-state index >= 15 is 0 Å². The maximum absolute atomic E-state index is 12.6. The smallest absolute Gasteiger partial charge is 0.323 e. The molecule has 1 aromatic heterocycles. The summed E-state index contributed by atoms with van der Waals surface area (Å²) < 4.78 is 5.60. The number of pyridine rings is 1. The van der Waals surface area contributed by atoms with E-state index < -0.39 is 12.1 Å². The number of nitrogens with zero attached hydrogens (tertiary/aromatic N) is 3. The Morgan fingerprint density at radius 3 is 2.84 bits per heavy atom. The molecular formula is C17H23N3O5. The lowest BCUT2D eigenvalue weighted by molar-refractivity contribution is -0.145. The van der Waals surface area contributed by atoms with Gasteiger partial charge in [-0.25, -0.2) is 0 Å². The molecule has 0 aliphatic carbocycles. The van der Waals surface area contributed by atoms with Gasteiger partial charge in [0.25, 0.3) is 5.91 Å². The first-order valence-electron chi connectivity index (χ1n) is 8.23. The second kappa shape index (κ2) is 8.57. The molecule has 2 amide bonds. The normalized spacial score (nSPS) is 17.2. The van der Waals surface area contributed by atoms with Gasteiger partial charge in [-0.1, -0.05) is 6.92 Å². The van der Waals surface area contributed by atoms with Gasteiger partial charge in [-0.2, -0.15) is 0 Å². The SMILES string of the molecule is CCc1ccnc(C(=O)N2CCOC(CN(CC(=O)O)C(C)=O)C2)c1. The van der Waals surface area contributed by atoms with Crippen molar-refractivity contribution < 1.29 is 24.2 Å². The van der Waals surface area contributed by atoms with E-state index in [9.17, 15) is 14.4 Å². The highest BCUT2D eigenvalue weighted by Crippen LogP contribution is 2.12. The van der Waals surface area contributed by atoms with E-state index in [2.05, 4.69) is 4.98 Å². The van der Waals surface area contributed by atoms with Crippen LogP contribution in [0, 0.1) is 0 Å². The number of aliphatic carboxylic acids is 1. The number of hydrogen-bond acceptors (Lipinski definition) is 5. The standard InChI is InChI=1S/C17H23N3O5/c1-3-13-4-5-18-15(8-13)17(24)19-6-7-25-14(9-19)10-20(12(2)21)11-16(22)23/h4-5,8,14H,3,6-7,9-11H2,1-2H3,(H,22,23). The van der Waals surface area contributed by atoms with Crippen molar-refractivity contribution in [2.75, 3.05) is 32.8 Å². The lowest BCUT2D eigenvalue weighted by Gasteiger charge is -2.35. The van der Waals surface area contributed by atoms with Crippen LogP contribution in [-0.2, 0) is 20.7 Å². The summed E-state index contributed by atoms with van der Waals surface area (Å²) in [5.41, 5.74) is 1.42. The van der Waals surface area contributed by atoms with Gasteiger partial charge in [0.05, 0.1) is 12.7 Å². The summed E-state index contributed by atoms with van der Waals surface area (Å²) in [6.07, 6.45) is 2.02. The van der Waals surface area contributed by atoms with Crippen molar-refractivity contribution in [2.45, 2.75) is 26.4 Å². The monoisotopic (exact) mass is 349 g/mol. The molecule has 0 bridgehead atoms. The fourth-order valence-corrected chi connectivity index (χ4v) is 2.70. The molecule has 25 heavy (non-hydrogen) atoms. The number of ether oxygens (including phenoxy) is 1. The number of amides is 2. The molecule has 0 spiro atoms. The Labute approximate surface area is 146 Å². The van der Waals surface area contributed by atoms with Crippen molar-refractivity contribution in [1.29, 1.82) is 0 Å². The molecule has 0 saturated carbocycles. The highest BCUT2D eigenvalue weighted by Gasteiger charge is 2.28. The molecule has 0 aromatic carbocycles. The van der Waals surface area contributed by atoms with E-state index in [1.807, 2.05) is 13.0 Å². The van der Waals surface area contributed by atoms with Crippen molar-refractivity contribution in [3.05, 3.63) is 29.6 Å². The minimum Gasteiger partial charge on any atom is -0.480 e. The van der Waals surface area contributed by atoms with Crippen LogP contribution in [0.3, 0.4) is 0 Å². The van der Waals surface area contributed by atoms with Crippen molar-refractivity contribution in [3.63, 3.8) is 0 Å². The third-order valence-corrected chi connectivity index (χ3v) is 4.07. The van der Waals surface area contributed by atoms with E-state index in [0.717, 1.165) is 12.0 Å². The third kappa shape index (κ3) is 5.25. The largest absolute Gasteiger partial charge is 0.480 e. The molecular weight excluding hydrogens is 326 g/mol. The Hall–Kier alpha value is -2.48. The van der Waals surface area contributed by atoms with Crippen molar-refractivity contribution in [2.24, 2.45) is 0 Å². The second-order valence-corrected chi connectivity index (χ2v) is 5.94. The Morgan fingerprint density at radius 2 is 2.20 bits per heavy atom. The second-order valence-electron chi connectivity index (χ2n) is 5.94. The molecule has 8 nitrogen and oxygen atoms in total. The number of rotatable bonds is 6. The van der Waals surface area contributed by atoms with Gasteiger partial charge < -0.3 is 19.6 Å². The Morgan fingerprint density at radius 1 is 1.44 bits per heavy atom. The Balaban J connectivity index is 2.02. The van der Waals surface area contributed by atoms with Gasteiger partial charge in [0, 0.05) is 32.8 Å². The molecule has 1 saturated heterocycles. The Kier molecular flexibility index (Phi) is 6.46. The van der Waals surface area contributed by atoms with Crippen molar-refractivity contribution in [1.82, 2.24) is 14.8 Å². The van der Waals surface area contributed by atoms with Gasteiger partial charge in [0.1, 0.15) is 12.2 Å². The summed E-state index contributed by atoms with van der Waals surface area (Å²) in [4.78, 5) is 42.1. The molecule has 8 heteroatoms. The van der Waals surface area contributed by atoms with Crippen LogP contribution >= 0.6 is 0 Å². The number of aryl methyl sites for hydroxylation is 1. The molecule has 1 aliphatic rings. The zero-order chi connectivity index (χ0) is 18.4. The number of carbonyl (C=O) groups excluding carboxylic acids is 2. The van der Waals surface area contributed by atoms with Crippen LogP contribution in [0.1, 0.15) is 29.9 Å². The molecule has 1 aromatic rings. The number of carboxylic acid groups (broad SMARTS) is 1. The number of hydrogen-bond donors (Lipinski definition) is 1. The van der Waals surface area contributed by atoms with Crippen LogP contribution < -0.4 is 0 Å².